The van der Waals surface area contributed by atoms with Gasteiger partial charge in [-0.2, -0.15) is 0 Å². The molecule has 3 rings (SSSR count). The minimum atomic E-state index is -0.391. The normalized spacial score (nSPS) is 20.0. The Hall–Kier alpha value is -1.88. The van der Waals surface area contributed by atoms with Crippen molar-refractivity contribution < 1.29 is 24.2 Å². The number of ether oxygens (including phenoxy) is 2. The Morgan fingerprint density at radius 2 is 1.40 bits per heavy atom. The van der Waals surface area contributed by atoms with E-state index in [1.54, 1.807) is 6.92 Å². The highest BCUT2D eigenvalue weighted by Gasteiger charge is 2.34. The van der Waals surface area contributed by atoms with Gasteiger partial charge in [0.1, 0.15) is 11.2 Å². The third kappa shape index (κ3) is 7.12. The van der Waals surface area contributed by atoms with Gasteiger partial charge in [-0.3, -0.25) is 4.79 Å². The number of hydrogen-bond acceptors (Lipinski definition) is 5. The zero-order valence-electron chi connectivity index (χ0n) is 19.0. The molecule has 2 aliphatic carbocycles. The molecule has 0 radical (unpaired) electrons. The zero-order chi connectivity index (χ0) is 22.2. The maximum absolute atomic E-state index is 12.0. The largest absolute Gasteiger partial charge is 0.459 e. The first kappa shape index (κ1) is 24.4. The minimum Gasteiger partial charge on any atom is -0.459 e. The van der Waals surface area contributed by atoms with Gasteiger partial charge in [0.05, 0.1) is 18.1 Å². The van der Waals surface area contributed by atoms with Crippen LogP contribution in [0.2, 0.25) is 0 Å². The number of aliphatic hydroxyl groups is 1. The monoisotopic (exact) mass is 418 g/mol. The molecule has 1 unspecified atom stereocenters. The van der Waals surface area contributed by atoms with Gasteiger partial charge in [0.15, 0.2) is 0 Å². The summed E-state index contributed by atoms with van der Waals surface area (Å²) in [4.78, 5) is 23.3. The molecule has 1 N–H and O–H groups in total. The van der Waals surface area contributed by atoms with Crippen molar-refractivity contribution in [3.63, 3.8) is 0 Å². The third-order valence-electron chi connectivity index (χ3n) is 6.28. The summed E-state index contributed by atoms with van der Waals surface area (Å²) in [5.74, 6) is -0.846. The van der Waals surface area contributed by atoms with Gasteiger partial charge in [0.25, 0.3) is 0 Å². The van der Waals surface area contributed by atoms with Crippen LogP contribution in [0, 0.1) is 5.92 Å². The van der Waals surface area contributed by atoms with Gasteiger partial charge in [-0.05, 0) is 96.3 Å². The highest BCUT2D eigenvalue weighted by Crippen LogP contribution is 2.34. The Labute approximate surface area is 181 Å². The van der Waals surface area contributed by atoms with E-state index in [4.69, 9.17) is 14.6 Å². The second-order valence-electron chi connectivity index (χ2n) is 9.26. The summed E-state index contributed by atoms with van der Waals surface area (Å²) in [6.45, 7) is 7.67. The lowest BCUT2D eigenvalue weighted by molar-refractivity contribution is -0.163. The molecule has 0 saturated heterocycles. The summed E-state index contributed by atoms with van der Waals surface area (Å²) >= 11 is 0. The summed E-state index contributed by atoms with van der Waals surface area (Å²) < 4.78 is 11.0. The van der Waals surface area contributed by atoms with E-state index in [1.165, 1.54) is 18.4 Å². The van der Waals surface area contributed by atoms with Crippen LogP contribution >= 0.6 is 0 Å². The minimum absolute atomic E-state index is 0.130. The first-order valence-electron chi connectivity index (χ1n) is 11.4. The van der Waals surface area contributed by atoms with Crippen molar-refractivity contribution in [3.05, 3.63) is 35.4 Å². The molecule has 5 nitrogen and oxygen atoms in total. The summed E-state index contributed by atoms with van der Waals surface area (Å²) in [7, 11) is 0. The van der Waals surface area contributed by atoms with Gasteiger partial charge >= 0.3 is 11.9 Å². The van der Waals surface area contributed by atoms with Gasteiger partial charge in [-0.15, -0.1) is 0 Å². The predicted molar refractivity (Wildman–Crippen MR) is 117 cm³/mol. The average molecular weight is 419 g/mol. The number of benzene rings is 1. The summed E-state index contributed by atoms with van der Waals surface area (Å²) in [5, 5.41) is 8.76. The van der Waals surface area contributed by atoms with Crippen LogP contribution in [0.25, 0.3) is 0 Å². The number of carbonyl (C=O) groups excluding carboxylic acids is 2. The second-order valence-corrected chi connectivity index (χ2v) is 9.26. The van der Waals surface area contributed by atoms with Crippen molar-refractivity contribution in [2.75, 3.05) is 6.61 Å². The molecule has 1 aromatic carbocycles. The average Bonchev–Trinajstić information content (AvgIpc) is 3.36. The quantitative estimate of drug-likeness (QED) is 0.641. The topological polar surface area (TPSA) is 72.8 Å². The molecule has 2 fully saturated rings. The zero-order valence-corrected chi connectivity index (χ0v) is 19.0. The molecule has 0 bridgehead atoms. The number of rotatable bonds is 6. The maximum Gasteiger partial charge on any atom is 0.338 e. The number of aryl methyl sites for hydroxylation is 1. The molecule has 2 aliphatic rings. The molecule has 0 aliphatic heterocycles. The number of hydrogen-bond donors (Lipinski definition) is 1. The lowest BCUT2D eigenvalue weighted by atomic mass is 10.1. The van der Waals surface area contributed by atoms with Crippen molar-refractivity contribution in [2.24, 2.45) is 5.92 Å². The van der Waals surface area contributed by atoms with Crippen molar-refractivity contribution in [1.29, 1.82) is 0 Å². The summed E-state index contributed by atoms with van der Waals surface area (Å²) in [5.41, 5.74) is 1.41. The van der Waals surface area contributed by atoms with Crippen LogP contribution in [0.3, 0.4) is 0 Å². The van der Waals surface area contributed by atoms with E-state index in [9.17, 15) is 9.59 Å². The Morgan fingerprint density at radius 1 is 0.933 bits per heavy atom. The molecule has 30 heavy (non-hydrogen) atoms. The molecule has 1 aromatic rings. The Bertz CT molecular complexity index is 682. The fourth-order valence-corrected chi connectivity index (χ4v) is 4.03. The molecule has 0 spiro atoms. The van der Waals surface area contributed by atoms with E-state index in [2.05, 4.69) is 6.92 Å². The number of carbonyl (C=O) groups is 2. The van der Waals surface area contributed by atoms with Crippen LogP contribution in [0.5, 0.6) is 0 Å². The van der Waals surface area contributed by atoms with E-state index in [1.807, 2.05) is 38.1 Å². The molecular formula is C25H38O5. The van der Waals surface area contributed by atoms with E-state index in [0.717, 1.165) is 44.9 Å². The lowest BCUT2D eigenvalue weighted by Gasteiger charge is -2.25. The van der Waals surface area contributed by atoms with Crippen molar-refractivity contribution in [3.8, 4) is 0 Å². The third-order valence-corrected chi connectivity index (χ3v) is 6.28. The van der Waals surface area contributed by atoms with Crippen LogP contribution in [-0.4, -0.2) is 34.9 Å². The van der Waals surface area contributed by atoms with Gasteiger partial charge in [-0.1, -0.05) is 19.1 Å². The summed E-state index contributed by atoms with van der Waals surface area (Å²) in [6.07, 6.45) is 9.49. The highest BCUT2D eigenvalue weighted by atomic mass is 16.6. The molecule has 0 aromatic heterocycles. The molecular weight excluding hydrogens is 380 g/mol. The first-order valence-corrected chi connectivity index (χ1v) is 11.4. The van der Waals surface area contributed by atoms with Crippen molar-refractivity contribution in [1.82, 2.24) is 0 Å². The van der Waals surface area contributed by atoms with Crippen molar-refractivity contribution >= 4 is 11.9 Å². The fraction of sp³-hybridized carbons (Fsp3) is 0.680. The van der Waals surface area contributed by atoms with Crippen LogP contribution in [0.15, 0.2) is 24.3 Å². The van der Waals surface area contributed by atoms with Gasteiger partial charge in [0, 0.05) is 0 Å². The van der Waals surface area contributed by atoms with E-state index in [0.29, 0.717) is 5.56 Å². The Kier molecular flexibility index (Phi) is 8.90. The molecule has 0 heterocycles. The van der Waals surface area contributed by atoms with Gasteiger partial charge < -0.3 is 14.6 Å². The van der Waals surface area contributed by atoms with E-state index in [-0.39, 0.29) is 29.7 Å². The van der Waals surface area contributed by atoms with Crippen LogP contribution in [-0.2, 0) is 20.7 Å². The molecule has 2 saturated carbocycles. The second kappa shape index (κ2) is 10.9. The molecule has 5 heteroatoms. The van der Waals surface area contributed by atoms with Crippen LogP contribution < -0.4 is 0 Å². The highest BCUT2D eigenvalue weighted by molar-refractivity contribution is 5.89. The van der Waals surface area contributed by atoms with Crippen LogP contribution in [0.4, 0.5) is 0 Å². The molecule has 168 valence electrons. The first-order chi connectivity index (χ1) is 14.2. The molecule has 1 atom stereocenters. The van der Waals surface area contributed by atoms with Crippen LogP contribution in [0.1, 0.15) is 95.0 Å². The van der Waals surface area contributed by atoms with Gasteiger partial charge in [-0.25, -0.2) is 4.79 Å². The van der Waals surface area contributed by atoms with Gasteiger partial charge in [0.2, 0.25) is 0 Å². The lowest BCUT2D eigenvalue weighted by Crippen LogP contribution is -2.31. The Balaban J connectivity index is 0.000000222. The number of esters is 2. The standard InChI is InChI=1S/C15H20O2.C10H18O3/c1-3-12-6-8-13(9-7-12)14(16)17-15(2)10-4-5-11-15;1-8(7-11)9(12)13-10(2)5-3-4-6-10/h6-9H,3-5,10-11H2,1-2H3;8,11H,3-7H2,1-2H3. The molecule has 0 amide bonds. The summed E-state index contributed by atoms with van der Waals surface area (Å²) in [6, 6.07) is 7.71. The SMILES string of the molecule is CC(CO)C(=O)OC1(C)CCCC1.CCc1ccc(C(=O)OC2(C)CCCC2)cc1. The van der Waals surface area contributed by atoms with E-state index < -0.39 is 5.92 Å². The smallest absolute Gasteiger partial charge is 0.338 e. The van der Waals surface area contributed by atoms with E-state index >= 15 is 0 Å². The number of aliphatic hydroxyl groups excluding tert-OH is 1. The van der Waals surface area contributed by atoms with Crippen molar-refractivity contribution in [2.45, 2.75) is 96.7 Å². The maximum atomic E-state index is 12.0. The predicted octanol–water partition coefficient (Wildman–Crippen LogP) is 5.23. The fourth-order valence-electron chi connectivity index (χ4n) is 4.03. The Morgan fingerprint density at radius 3 is 1.83 bits per heavy atom.